The van der Waals surface area contributed by atoms with Crippen LogP contribution in [0.1, 0.15) is 31.9 Å². The fourth-order valence-electron chi connectivity index (χ4n) is 3.20. The molecule has 0 aliphatic carbocycles. The van der Waals surface area contributed by atoms with Gasteiger partial charge in [0.15, 0.2) is 6.61 Å². The van der Waals surface area contributed by atoms with Crippen LogP contribution in [0.3, 0.4) is 0 Å². The molecule has 1 fully saturated rings. The molecule has 0 radical (unpaired) electrons. The molecule has 3 rings (SSSR count). The second-order valence-corrected chi connectivity index (χ2v) is 8.08. The minimum absolute atomic E-state index is 0.0204. The van der Waals surface area contributed by atoms with Crippen molar-refractivity contribution < 1.29 is 9.63 Å². The van der Waals surface area contributed by atoms with Crippen LogP contribution >= 0.6 is 0 Å². The van der Waals surface area contributed by atoms with Crippen molar-refractivity contribution in [3.8, 4) is 0 Å². The summed E-state index contributed by atoms with van der Waals surface area (Å²) in [4.78, 5) is 21.7. The molecule has 2 aromatic carbocycles. The average Bonchev–Trinajstić information content (AvgIpc) is 2.71. The van der Waals surface area contributed by atoms with E-state index in [1.165, 1.54) is 11.3 Å². The van der Waals surface area contributed by atoms with Crippen molar-refractivity contribution in [3.05, 3.63) is 65.7 Å². The zero-order valence-corrected chi connectivity index (χ0v) is 17.0. The maximum absolute atomic E-state index is 12.3. The second-order valence-electron chi connectivity index (χ2n) is 8.08. The number of hydrogen-bond acceptors (Lipinski definition) is 4. The number of anilines is 1. The lowest BCUT2D eigenvalue weighted by molar-refractivity contribution is -0.136. The first-order valence-corrected chi connectivity index (χ1v) is 9.77. The Labute approximate surface area is 167 Å². The largest absolute Gasteiger partial charge is 0.386 e. The maximum atomic E-state index is 12.3. The molecule has 5 heteroatoms. The van der Waals surface area contributed by atoms with E-state index >= 15 is 0 Å². The Bertz CT molecular complexity index is 787. The zero-order chi connectivity index (χ0) is 20.0. The van der Waals surface area contributed by atoms with Crippen molar-refractivity contribution in [2.24, 2.45) is 5.16 Å². The number of amides is 1. The van der Waals surface area contributed by atoms with Crippen LogP contribution in [-0.2, 0) is 15.0 Å². The number of benzene rings is 2. The lowest BCUT2D eigenvalue weighted by Crippen LogP contribution is -2.49. The van der Waals surface area contributed by atoms with Gasteiger partial charge in [0.1, 0.15) is 0 Å². The number of piperazine rings is 1. The van der Waals surface area contributed by atoms with Crippen LogP contribution in [0.2, 0.25) is 0 Å². The number of carbonyl (C=O) groups is 1. The number of carbonyl (C=O) groups excluding carboxylic acids is 1. The van der Waals surface area contributed by atoms with Crippen LogP contribution in [0.5, 0.6) is 0 Å². The Hall–Kier alpha value is -2.82. The number of nitrogens with zero attached hydrogens (tertiary/aromatic N) is 3. The normalized spacial score (nSPS) is 15.1. The van der Waals surface area contributed by atoms with Crippen molar-refractivity contribution in [1.82, 2.24) is 4.90 Å². The van der Waals surface area contributed by atoms with Crippen molar-refractivity contribution in [3.63, 3.8) is 0 Å². The summed E-state index contributed by atoms with van der Waals surface area (Å²) in [5.41, 5.74) is 3.56. The quantitative estimate of drug-likeness (QED) is 0.588. The molecule has 1 amide bonds. The smallest absolute Gasteiger partial charge is 0.263 e. The van der Waals surface area contributed by atoms with Crippen LogP contribution in [0, 0.1) is 0 Å². The Morgan fingerprint density at radius 3 is 2.25 bits per heavy atom. The number of hydrogen-bond donors (Lipinski definition) is 0. The monoisotopic (exact) mass is 379 g/mol. The van der Waals surface area contributed by atoms with Gasteiger partial charge < -0.3 is 14.6 Å². The van der Waals surface area contributed by atoms with Crippen LogP contribution in [0.25, 0.3) is 0 Å². The highest BCUT2D eigenvalue weighted by Gasteiger charge is 2.21. The summed E-state index contributed by atoms with van der Waals surface area (Å²) < 4.78 is 0. The van der Waals surface area contributed by atoms with E-state index in [4.69, 9.17) is 4.84 Å². The molecule has 1 aliphatic rings. The number of oxime groups is 1. The molecule has 0 bridgehead atoms. The van der Waals surface area contributed by atoms with Crippen LogP contribution < -0.4 is 4.90 Å². The molecular formula is C23H29N3O2. The summed E-state index contributed by atoms with van der Waals surface area (Å²) in [6.45, 7) is 9.60. The van der Waals surface area contributed by atoms with E-state index in [0.717, 1.165) is 18.7 Å². The van der Waals surface area contributed by atoms with Gasteiger partial charge >= 0.3 is 0 Å². The maximum Gasteiger partial charge on any atom is 0.263 e. The third kappa shape index (κ3) is 5.35. The summed E-state index contributed by atoms with van der Waals surface area (Å²) in [6, 6.07) is 18.5. The third-order valence-electron chi connectivity index (χ3n) is 4.99. The molecule has 28 heavy (non-hydrogen) atoms. The van der Waals surface area contributed by atoms with Gasteiger partial charge in [-0.15, -0.1) is 0 Å². The van der Waals surface area contributed by atoms with E-state index in [9.17, 15) is 4.79 Å². The van der Waals surface area contributed by atoms with Gasteiger partial charge in [-0.3, -0.25) is 4.79 Å². The van der Waals surface area contributed by atoms with Gasteiger partial charge in [-0.25, -0.2) is 0 Å². The number of rotatable bonds is 5. The van der Waals surface area contributed by atoms with Crippen LogP contribution in [-0.4, -0.2) is 49.8 Å². The molecule has 0 atom stereocenters. The van der Waals surface area contributed by atoms with E-state index in [2.05, 4.69) is 55.1 Å². The minimum atomic E-state index is -0.0259. The standard InChI is InChI=1S/C23H29N3O2/c1-23(2,3)20-11-9-19(10-12-20)17-24-28-18-22(27)26-15-13-25(14-16-26)21-7-5-4-6-8-21/h4-12,17H,13-16,18H2,1-3H3/b24-17+. The fourth-order valence-corrected chi connectivity index (χ4v) is 3.20. The van der Waals surface area contributed by atoms with Crippen molar-refractivity contribution in [2.75, 3.05) is 37.7 Å². The molecule has 2 aromatic rings. The van der Waals surface area contributed by atoms with Crippen molar-refractivity contribution in [2.45, 2.75) is 26.2 Å². The first kappa shape index (κ1) is 19.9. The van der Waals surface area contributed by atoms with E-state index in [1.807, 2.05) is 35.2 Å². The lowest BCUT2D eigenvalue weighted by Gasteiger charge is -2.35. The molecule has 0 saturated carbocycles. The van der Waals surface area contributed by atoms with Gasteiger partial charge in [0, 0.05) is 31.9 Å². The Morgan fingerprint density at radius 1 is 1.00 bits per heavy atom. The van der Waals surface area contributed by atoms with Gasteiger partial charge in [-0.05, 0) is 28.7 Å². The molecular weight excluding hydrogens is 350 g/mol. The highest BCUT2D eigenvalue weighted by molar-refractivity contribution is 5.80. The van der Waals surface area contributed by atoms with E-state index in [-0.39, 0.29) is 17.9 Å². The average molecular weight is 380 g/mol. The molecule has 0 spiro atoms. The van der Waals surface area contributed by atoms with Crippen LogP contribution in [0.15, 0.2) is 59.8 Å². The molecule has 1 heterocycles. The Balaban J connectivity index is 1.42. The topological polar surface area (TPSA) is 45.1 Å². The van der Waals surface area contributed by atoms with Gasteiger partial charge in [0.05, 0.1) is 6.21 Å². The molecule has 0 N–H and O–H groups in total. The summed E-state index contributed by atoms with van der Waals surface area (Å²) in [6.07, 6.45) is 1.65. The lowest BCUT2D eigenvalue weighted by atomic mass is 9.87. The SMILES string of the molecule is CC(C)(C)c1ccc(/C=N/OCC(=O)N2CCN(c3ccccc3)CC2)cc1. The molecule has 0 unspecified atom stereocenters. The van der Waals surface area contributed by atoms with E-state index < -0.39 is 0 Å². The summed E-state index contributed by atoms with van der Waals surface area (Å²) in [5.74, 6) is -0.0204. The van der Waals surface area contributed by atoms with Crippen molar-refractivity contribution >= 4 is 17.8 Å². The van der Waals surface area contributed by atoms with Gasteiger partial charge in [-0.2, -0.15) is 0 Å². The number of para-hydroxylation sites is 1. The van der Waals surface area contributed by atoms with E-state index in [0.29, 0.717) is 13.1 Å². The highest BCUT2D eigenvalue weighted by atomic mass is 16.6. The molecule has 148 valence electrons. The molecule has 5 nitrogen and oxygen atoms in total. The zero-order valence-electron chi connectivity index (χ0n) is 17.0. The molecule has 1 aliphatic heterocycles. The van der Waals surface area contributed by atoms with Gasteiger partial charge in [-0.1, -0.05) is 68.4 Å². The van der Waals surface area contributed by atoms with Crippen LogP contribution in [0.4, 0.5) is 5.69 Å². The predicted octanol–water partition coefficient (Wildman–Crippen LogP) is 3.68. The second kappa shape index (κ2) is 8.91. The summed E-state index contributed by atoms with van der Waals surface area (Å²) >= 11 is 0. The van der Waals surface area contributed by atoms with Gasteiger partial charge in [0.2, 0.25) is 0 Å². The molecule has 0 aromatic heterocycles. The summed E-state index contributed by atoms with van der Waals surface area (Å²) in [7, 11) is 0. The predicted molar refractivity (Wildman–Crippen MR) is 114 cm³/mol. The fraction of sp³-hybridized carbons (Fsp3) is 0.391. The highest BCUT2D eigenvalue weighted by Crippen LogP contribution is 2.21. The first-order valence-electron chi connectivity index (χ1n) is 9.77. The van der Waals surface area contributed by atoms with E-state index in [1.54, 1.807) is 6.21 Å². The summed E-state index contributed by atoms with van der Waals surface area (Å²) in [5, 5.41) is 3.95. The van der Waals surface area contributed by atoms with Gasteiger partial charge in [0.25, 0.3) is 5.91 Å². The Morgan fingerprint density at radius 2 is 1.64 bits per heavy atom. The molecule has 1 saturated heterocycles. The Kier molecular flexibility index (Phi) is 6.34. The first-order chi connectivity index (χ1) is 13.4. The minimum Gasteiger partial charge on any atom is -0.386 e. The third-order valence-corrected chi connectivity index (χ3v) is 4.99. The van der Waals surface area contributed by atoms with Crippen molar-refractivity contribution in [1.29, 1.82) is 0 Å².